The SMILES string of the molecule is O=C(CN1CCc2sccc2C1)NC1CCN(C(=O)c2ccccc2F)CC1. The van der Waals surface area contributed by atoms with Crippen LogP contribution in [0.2, 0.25) is 0 Å². The van der Waals surface area contributed by atoms with Gasteiger partial charge in [0, 0.05) is 37.1 Å². The lowest BCUT2D eigenvalue weighted by molar-refractivity contribution is -0.123. The molecule has 28 heavy (non-hydrogen) atoms. The van der Waals surface area contributed by atoms with E-state index in [0.717, 1.165) is 19.5 Å². The highest BCUT2D eigenvalue weighted by Gasteiger charge is 2.26. The van der Waals surface area contributed by atoms with Crippen LogP contribution in [0.5, 0.6) is 0 Å². The summed E-state index contributed by atoms with van der Waals surface area (Å²) in [6, 6.07) is 8.28. The lowest BCUT2D eigenvalue weighted by Gasteiger charge is -2.33. The number of carbonyl (C=O) groups is 2. The van der Waals surface area contributed by atoms with Crippen LogP contribution in [-0.4, -0.2) is 53.8 Å². The maximum Gasteiger partial charge on any atom is 0.256 e. The van der Waals surface area contributed by atoms with E-state index in [1.165, 1.54) is 22.6 Å². The molecule has 0 atom stereocenters. The fraction of sp³-hybridized carbons (Fsp3) is 0.429. The summed E-state index contributed by atoms with van der Waals surface area (Å²) < 4.78 is 13.8. The monoisotopic (exact) mass is 401 g/mol. The van der Waals surface area contributed by atoms with Gasteiger partial charge in [0.05, 0.1) is 12.1 Å². The van der Waals surface area contributed by atoms with Crippen molar-refractivity contribution in [1.82, 2.24) is 15.1 Å². The summed E-state index contributed by atoms with van der Waals surface area (Å²) in [6.45, 7) is 3.21. The molecule has 148 valence electrons. The third kappa shape index (κ3) is 4.25. The first-order chi connectivity index (χ1) is 13.6. The van der Waals surface area contributed by atoms with E-state index in [1.807, 2.05) is 0 Å². The average Bonchev–Trinajstić information content (AvgIpc) is 3.16. The van der Waals surface area contributed by atoms with Gasteiger partial charge in [0.1, 0.15) is 5.82 Å². The molecular weight excluding hydrogens is 377 g/mol. The van der Waals surface area contributed by atoms with Crippen molar-refractivity contribution in [3.05, 3.63) is 57.5 Å². The molecule has 0 saturated carbocycles. The molecule has 0 spiro atoms. The Morgan fingerprint density at radius 3 is 2.71 bits per heavy atom. The van der Waals surface area contributed by atoms with Gasteiger partial charge in [0.15, 0.2) is 0 Å². The van der Waals surface area contributed by atoms with Crippen molar-refractivity contribution >= 4 is 23.2 Å². The molecule has 2 aromatic rings. The van der Waals surface area contributed by atoms with E-state index in [0.29, 0.717) is 32.5 Å². The second-order valence-electron chi connectivity index (χ2n) is 7.44. The van der Waals surface area contributed by atoms with Gasteiger partial charge in [0.25, 0.3) is 5.91 Å². The van der Waals surface area contributed by atoms with Crippen LogP contribution >= 0.6 is 11.3 Å². The number of carbonyl (C=O) groups excluding carboxylic acids is 2. The molecule has 1 aromatic carbocycles. The van der Waals surface area contributed by atoms with Crippen LogP contribution in [0.1, 0.15) is 33.6 Å². The number of amides is 2. The Labute approximate surface area is 168 Å². The van der Waals surface area contributed by atoms with Crippen LogP contribution in [0, 0.1) is 5.82 Å². The normalized spacial score (nSPS) is 18.0. The number of rotatable bonds is 4. The van der Waals surface area contributed by atoms with E-state index < -0.39 is 5.82 Å². The minimum atomic E-state index is -0.488. The molecule has 4 rings (SSSR count). The van der Waals surface area contributed by atoms with Gasteiger partial charge >= 0.3 is 0 Å². The fourth-order valence-electron chi connectivity index (χ4n) is 3.95. The van der Waals surface area contributed by atoms with Gasteiger partial charge < -0.3 is 10.2 Å². The molecule has 7 heteroatoms. The molecule has 1 saturated heterocycles. The van der Waals surface area contributed by atoms with E-state index in [-0.39, 0.29) is 23.4 Å². The fourth-order valence-corrected chi connectivity index (χ4v) is 4.84. The summed E-state index contributed by atoms with van der Waals surface area (Å²) in [7, 11) is 0. The zero-order chi connectivity index (χ0) is 19.5. The summed E-state index contributed by atoms with van der Waals surface area (Å²) >= 11 is 1.79. The minimum Gasteiger partial charge on any atom is -0.352 e. The quantitative estimate of drug-likeness (QED) is 0.857. The van der Waals surface area contributed by atoms with Crippen molar-refractivity contribution in [3.8, 4) is 0 Å². The second-order valence-corrected chi connectivity index (χ2v) is 8.44. The maximum absolute atomic E-state index is 13.8. The molecule has 1 fully saturated rings. The number of nitrogens with one attached hydrogen (secondary N) is 1. The summed E-state index contributed by atoms with van der Waals surface area (Å²) in [5.74, 6) is -0.724. The first-order valence-corrected chi connectivity index (χ1v) is 10.6. The second kappa shape index (κ2) is 8.41. The Bertz CT molecular complexity index is 861. The van der Waals surface area contributed by atoms with Crippen LogP contribution in [0.4, 0.5) is 4.39 Å². The van der Waals surface area contributed by atoms with Gasteiger partial charge in [-0.2, -0.15) is 0 Å². The largest absolute Gasteiger partial charge is 0.352 e. The van der Waals surface area contributed by atoms with E-state index in [4.69, 9.17) is 0 Å². The highest BCUT2D eigenvalue weighted by molar-refractivity contribution is 7.10. The van der Waals surface area contributed by atoms with Crippen LogP contribution in [0.15, 0.2) is 35.7 Å². The number of hydrogen-bond acceptors (Lipinski definition) is 4. The summed E-state index contributed by atoms with van der Waals surface area (Å²) in [5.41, 5.74) is 1.45. The highest BCUT2D eigenvalue weighted by atomic mass is 32.1. The van der Waals surface area contributed by atoms with Crippen LogP contribution < -0.4 is 5.32 Å². The Hall–Kier alpha value is -2.25. The molecule has 0 radical (unpaired) electrons. The molecule has 5 nitrogen and oxygen atoms in total. The molecule has 2 amide bonds. The predicted molar refractivity (Wildman–Crippen MR) is 107 cm³/mol. The highest BCUT2D eigenvalue weighted by Crippen LogP contribution is 2.23. The molecule has 1 aromatic heterocycles. The van der Waals surface area contributed by atoms with Crippen molar-refractivity contribution < 1.29 is 14.0 Å². The lowest BCUT2D eigenvalue weighted by atomic mass is 10.0. The van der Waals surface area contributed by atoms with Crippen LogP contribution in [0.3, 0.4) is 0 Å². The molecule has 0 aliphatic carbocycles. The Kier molecular flexibility index (Phi) is 5.73. The van der Waals surface area contributed by atoms with Crippen LogP contribution in [0.25, 0.3) is 0 Å². The van der Waals surface area contributed by atoms with Crippen molar-refractivity contribution in [1.29, 1.82) is 0 Å². The molecule has 0 bridgehead atoms. The van der Waals surface area contributed by atoms with Crippen molar-refractivity contribution in [2.24, 2.45) is 0 Å². The summed E-state index contributed by atoms with van der Waals surface area (Å²) in [5, 5.41) is 5.22. The van der Waals surface area contributed by atoms with Gasteiger partial charge in [-0.1, -0.05) is 12.1 Å². The topological polar surface area (TPSA) is 52.7 Å². The first kappa shape index (κ1) is 19.1. The standard InChI is InChI=1S/C21H24FN3O2S/c22-18-4-2-1-3-17(18)21(27)25-10-5-16(6-11-25)23-20(26)14-24-9-7-19-15(13-24)8-12-28-19/h1-4,8,12,16H,5-7,9-11,13-14H2,(H,23,26). The lowest BCUT2D eigenvalue weighted by Crippen LogP contribution is -2.49. The van der Waals surface area contributed by atoms with Crippen LogP contribution in [-0.2, 0) is 17.8 Å². The van der Waals surface area contributed by atoms with Crippen molar-refractivity contribution in [2.45, 2.75) is 31.8 Å². The zero-order valence-corrected chi connectivity index (χ0v) is 16.5. The number of halogens is 1. The number of fused-ring (bicyclic) bond motifs is 1. The molecule has 1 N–H and O–H groups in total. The van der Waals surface area contributed by atoms with Gasteiger partial charge in [-0.3, -0.25) is 14.5 Å². The van der Waals surface area contributed by atoms with Crippen molar-refractivity contribution in [2.75, 3.05) is 26.2 Å². The Balaban J connectivity index is 1.24. The molecule has 0 unspecified atom stereocenters. The third-order valence-corrected chi connectivity index (χ3v) is 6.53. The maximum atomic E-state index is 13.8. The number of likely N-dealkylation sites (tertiary alicyclic amines) is 1. The molecule has 3 heterocycles. The summed E-state index contributed by atoms with van der Waals surface area (Å²) in [6.07, 6.45) is 2.40. The zero-order valence-electron chi connectivity index (χ0n) is 15.7. The molecule has 2 aliphatic heterocycles. The molecular formula is C21H24FN3O2S. The smallest absolute Gasteiger partial charge is 0.256 e. The first-order valence-electron chi connectivity index (χ1n) is 9.71. The average molecular weight is 402 g/mol. The van der Waals surface area contributed by atoms with Gasteiger partial charge in [-0.05, 0) is 48.4 Å². The molecule has 2 aliphatic rings. The third-order valence-electron chi connectivity index (χ3n) is 5.51. The van der Waals surface area contributed by atoms with E-state index in [2.05, 4.69) is 21.7 Å². The Morgan fingerprint density at radius 2 is 1.93 bits per heavy atom. The van der Waals surface area contributed by atoms with Gasteiger partial charge in [-0.25, -0.2) is 4.39 Å². The van der Waals surface area contributed by atoms with E-state index in [9.17, 15) is 14.0 Å². The van der Waals surface area contributed by atoms with E-state index in [1.54, 1.807) is 28.4 Å². The number of hydrogen-bond donors (Lipinski definition) is 1. The Morgan fingerprint density at radius 1 is 1.14 bits per heavy atom. The minimum absolute atomic E-state index is 0.0394. The van der Waals surface area contributed by atoms with Gasteiger partial charge in [0.2, 0.25) is 5.91 Å². The number of piperidine rings is 1. The number of benzene rings is 1. The number of nitrogens with zero attached hydrogens (tertiary/aromatic N) is 2. The predicted octanol–water partition coefficient (Wildman–Crippen LogP) is 2.67. The summed E-state index contributed by atoms with van der Waals surface area (Å²) in [4.78, 5) is 30.2. The van der Waals surface area contributed by atoms with E-state index >= 15 is 0 Å². The van der Waals surface area contributed by atoms with Crippen molar-refractivity contribution in [3.63, 3.8) is 0 Å². The number of thiophene rings is 1. The van der Waals surface area contributed by atoms with Gasteiger partial charge in [-0.15, -0.1) is 11.3 Å².